The van der Waals surface area contributed by atoms with Crippen molar-refractivity contribution in [3.05, 3.63) is 96.9 Å². The number of carbonyl (C=O) groups is 1. The Morgan fingerprint density at radius 2 is 2.00 bits per heavy atom. The average molecular weight is 535 g/mol. The van der Waals surface area contributed by atoms with Gasteiger partial charge in [0.15, 0.2) is 11.5 Å². The van der Waals surface area contributed by atoms with Crippen LogP contribution in [0.1, 0.15) is 46.0 Å². The number of nitro benzene ring substituents is 1. The first-order valence-electron chi connectivity index (χ1n) is 12.1. The number of benzene rings is 3. The largest absolute Gasteiger partial charge is 0.495 e. The summed E-state index contributed by atoms with van der Waals surface area (Å²) in [5.74, 6) is 0.570. The molecule has 1 unspecified atom stereocenters. The SMILES string of the molecule is COc1c(CCC(C)ON=[N+]=[N-])ccc2c1C(=O)OCc1cc(C)cc(OCc3ccccc3[N+](=O)[O-])c1O2. The number of nitrogens with zero attached hydrogens (tertiary/aromatic N) is 4. The Bertz CT molecular complexity index is 1450. The minimum Gasteiger partial charge on any atom is -0.495 e. The molecule has 0 aliphatic carbocycles. The van der Waals surface area contributed by atoms with Crippen molar-refractivity contribution >= 4 is 11.7 Å². The number of aryl methyl sites for hydroxylation is 2. The van der Waals surface area contributed by atoms with Crippen molar-refractivity contribution < 1.29 is 33.5 Å². The predicted octanol–water partition coefficient (Wildman–Crippen LogP) is 6.52. The Hall–Kier alpha value is -4.96. The molecule has 4 rings (SSSR count). The molecular formula is C27H26N4O8. The summed E-state index contributed by atoms with van der Waals surface area (Å²) in [6.07, 6.45) is 0.604. The number of hydrogen-bond donors (Lipinski definition) is 0. The average Bonchev–Trinajstić information content (AvgIpc) is 2.92. The first-order valence-corrected chi connectivity index (χ1v) is 12.1. The lowest BCUT2D eigenvalue weighted by Crippen LogP contribution is -2.15. The molecule has 3 aromatic rings. The van der Waals surface area contributed by atoms with Gasteiger partial charge in [-0.2, -0.15) is 0 Å². The van der Waals surface area contributed by atoms with Crippen LogP contribution in [0, 0.1) is 17.0 Å². The maximum absolute atomic E-state index is 13.1. The highest BCUT2D eigenvalue weighted by atomic mass is 16.6. The van der Waals surface area contributed by atoms with E-state index in [0.29, 0.717) is 46.8 Å². The van der Waals surface area contributed by atoms with Crippen LogP contribution < -0.4 is 14.2 Å². The van der Waals surface area contributed by atoms with E-state index in [0.717, 1.165) is 5.56 Å². The second-order valence-electron chi connectivity index (χ2n) is 8.86. The number of ether oxygens (including phenoxy) is 4. The molecule has 12 heteroatoms. The Morgan fingerprint density at radius 1 is 1.21 bits per heavy atom. The first kappa shape index (κ1) is 27.1. The number of nitro groups is 1. The Morgan fingerprint density at radius 3 is 2.74 bits per heavy atom. The molecule has 1 atom stereocenters. The third kappa shape index (κ3) is 6.13. The molecule has 0 amide bonds. The summed E-state index contributed by atoms with van der Waals surface area (Å²) in [4.78, 5) is 31.7. The van der Waals surface area contributed by atoms with Crippen molar-refractivity contribution in [1.29, 1.82) is 0 Å². The highest BCUT2D eigenvalue weighted by Gasteiger charge is 2.29. The van der Waals surface area contributed by atoms with Gasteiger partial charge in [-0.15, -0.1) is 0 Å². The summed E-state index contributed by atoms with van der Waals surface area (Å²) in [6.45, 7) is 3.47. The number of methoxy groups -OCH3 is 1. The molecule has 1 aliphatic rings. The molecule has 0 N–H and O–H groups in total. The number of esters is 1. The van der Waals surface area contributed by atoms with Crippen LogP contribution in [0.2, 0.25) is 0 Å². The van der Waals surface area contributed by atoms with Gasteiger partial charge < -0.3 is 23.8 Å². The molecule has 0 saturated carbocycles. The smallest absolute Gasteiger partial charge is 0.346 e. The molecule has 12 nitrogen and oxygen atoms in total. The van der Waals surface area contributed by atoms with Gasteiger partial charge in [-0.05, 0) is 67.6 Å². The standard InChI is InChI=1S/C27H26N4O8/c1-16-12-20-15-37-27(32)24-22(11-10-18(26(24)35-3)9-8-17(2)39-30-29-28)38-25(20)23(13-16)36-14-19-6-4-5-7-21(19)31(33)34/h4-7,10-13,17H,8-9,14-15H2,1-3H3. The van der Waals surface area contributed by atoms with Crippen molar-refractivity contribution in [3.63, 3.8) is 0 Å². The van der Waals surface area contributed by atoms with Crippen LogP contribution in [-0.4, -0.2) is 24.1 Å². The highest BCUT2D eigenvalue weighted by Crippen LogP contribution is 2.43. The number of hydrogen-bond acceptors (Lipinski definition) is 9. The summed E-state index contributed by atoms with van der Waals surface area (Å²) < 4.78 is 23.5. The Kier molecular flexibility index (Phi) is 8.37. The number of carbonyl (C=O) groups excluding carboxylic acids is 1. The minimum absolute atomic E-state index is 0.0513. The molecule has 202 valence electrons. The fourth-order valence-corrected chi connectivity index (χ4v) is 4.26. The third-order valence-electron chi connectivity index (χ3n) is 6.11. The zero-order valence-electron chi connectivity index (χ0n) is 21.6. The lowest BCUT2D eigenvalue weighted by Gasteiger charge is -2.23. The van der Waals surface area contributed by atoms with E-state index < -0.39 is 10.9 Å². The fraction of sp³-hybridized carbons (Fsp3) is 0.296. The van der Waals surface area contributed by atoms with E-state index in [1.54, 1.807) is 43.3 Å². The van der Waals surface area contributed by atoms with Crippen LogP contribution in [0.5, 0.6) is 23.0 Å². The molecule has 1 aliphatic heterocycles. The monoisotopic (exact) mass is 534 g/mol. The van der Waals surface area contributed by atoms with E-state index in [1.165, 1.54) is 13.2 Å². The van der Waals surface area contributed by atoms with Crippen LogP contribution in [-0.2, 0) is 29.2 Å². The molecule has 0 radical (unpaired) electrons. The molecule has 0 fully saturated rings. The maximum atomic E-state index is 13.1. The van der Waals surface area contributed by atoms with Gasteiger partial charge >= 0.3 is 5.97 Å². The van der Waals surface area contributed by atoms with Gasteiger partial charge in [0.25, 0.3) is 5.69 Å². The minimum atomic E-state index is -0.614. The summed E-state index contributed by atoms with van der Waals surface area (Å²) in [5, 5.41) is 14.6. The quantitative estimate of drug-likeness (QED) is 0.0711. The zero-order chi connectivity index (χ0) is 27.9. The number of azide groups is 1. The maximum Gasteiger partial charge on any atom is 0.346 e. The highest BCUT2D eigenvalue weighted by molar-refractivity contribution is 5.96. The molecule has 1 heterocycles. The predicted molar refractivity (Wildman–Crippen MR) is 139 cm³/mol. The molecule has 39 heavy (non-hydrogen) atoms. The number of fused-ring (bicyclic) bond motifs is 2. The molecule has 0 spiro atoms. The van der Waals surface area contributed by atoms with E-state index in [2.05, 4.69) is 10.2 Å². The van der Waals surface area contributed by atoms with Crippen LogP contribution >= 0.6 is 0 Å². The first-order chi connectivity index (χ1) is 18.8. The van der Waals surface area contributed by atoms with Gasteiger partial charge in [0, 0.05) is 16.5 Å². The second-order valence-corrected chi connectivity index (χ2v) is 8.86. The third-order valence-corrected chi connectivity index (χ3v) is 6.11. The second kappa shape index (κ2) is 12.1. The molecule has 3 aromatic carbocycles. The van der Waals surface area contributed by atoms with Crippen molar-refractivity contribution in [2.24, 2.45) is 5.28 Å². The molecule has 0 aromatic heterocycles. The number of cyclic esters (lactones) is 1. The van der Waals surface area contributed by atoms with Crippen LogP contribution in [0.3, 0.4) is 0 Å². The summed E-state index contributed by atoms with van der Waals surface area (Å²) in [7, 11) is 1.45. The van der Waals surface area contributed by atoms with Gasteiger partial charge in [0.2, 0.25) is 0 Å². The van der Waals surface area contributed by atoms with E-state index in [4.69, 9.17) is 29.3 Å². The van der Waals surface area contributed by atoms with Crippen LogP contribution in [0.15, 0.2) is 53.8 Å². The van der Waals surface area contributed by atoms with Crippen molar-refractivity contribution in [2.75, 3.05) is 7.11 Å². The normalized spacial score (nSPS) is 12.7. The Labute approximate surface area is 223 Å². The number of para-hydroxylation sites is 1. The molecular weight excluding hydrogens is 508 g/mol. The summed E-state index contributed by atoms with van der Waals surface area (Å²) >= 11 is 0. The zero-order valence-corrected chi connectivity index (χ0v) is 21.6. The van der Waals surface area contributed by atoms with Crippen molar-refractivity contribution in [3.8, 4) is 23.0 Å². The van der Waals surface area contributed by atoms with Crippen LogP contribution in [0.25, 0.3) is 10.4 Å². The molecule has 0 saturated heterocycles. The van der Waals surface area contributed by atoms with E-state index in [9.17, 15) is 14.9 Å². The topological polar surface area (TPSA) is 155 Å². The van der Waals surface area contributed by atoms with Gasteiger partial charge in [-0.1, -0.05) is 18.2 Å². The van der Waals surface area contributed by atoms with Gasteiger partial charge in [-0.25, -0.2) is 4.79 Å². The van der Waals surface area contributed by atoms with Gasteiger partial charge in [0.1, 0.15) is 41.7 Å². The van der Waals surface area contributed by atoms with Crippen LogP contribution in [0.4, 0.5) is 5.69 Å². The lowest BCUT2D eigenvalue weighted by molar-refractivity contribution is -0.385. The van der Waals surface area contributed by atoms with Crippen molar-refractivity contribution in [1.82, 2.24) is 0 Å². The van der Waals surface area contributed by atoms with E-state index in [1.807, 2.05) is 13.0 Å². The van der Waals surface area contributed by atoms with Gasteiger partial charge in [0.05, 0.1) is 17.6 Å². The molecule has 0 bridgehead atoms. The van der Waals surface area contributed by atoms with Crippen molar-refractivity contribution in [2.45, 2.75) is 46.0 Å². The van der Waals surface area contributed by atoms with Gasteiger partial charge in [-0.3, -0.25) is 10.1 Å². The lowest BCUT2D eigenvalue weighted by atomic mass is 10.0. The summed E-state index contributed by atoms with van der Waals surface area (Å²) in [6, 6.07) is 13.3. The van der Waals surface area contributed by atoms with E-state index >= 15 is 0 Å². The van der Waals surface area contributed by atoms with E-state index in [-0.39, 0.29) is 36.3 Å². The fourth-order valence-electron chi connectivity index (χ4n) is 4.26. The Balaban J connectivity index is 1.67. The number of rotatable bonds is 10. The summed E-state index contributed by atoms with van der Waals surface area (Å²) in [5.41, 5.74) is 11.0.